The van der Waals surface area contributed by atoms with Crippen LogP contribution in [0.1, 0.15) is 30.9 Å². The van der Waals surface area contributed by atoms with Crippen LogP contribution in [-0.4, -0.2) is 13.0 Å². The van der Waals surface area contributed by atoms with E-state index in [0.29, 0.717) is 6.54 Å². The highest BCUT2D eigenvalue weighted by molar-refractivity contribution is 5.83. The van der Waals surface area contributed by atoms with E-state index in [1.807, 2.05) is 54.6 Å². The van der Waals surface area contributed by atoms with E-state index in [4.69, 9.17) is 4.74 Å². The van der Waals surface area contributed by atoms with Crippen LogP contribution in [-0.2, 0) is 11.3 Å². The fourth-order valence-corrected chi connectivity index (χ4v) is 2.55. The number of hydrogen-bond donors (Lipinski definition) is 1. The van der Waals surface area contributed by atoms with Gasteiger partial charge >= 0.3 is 0 Å². The third kappa shape index (κ3) is 4.10. The third-order valence-electron chi connectivity index (χ3n) is 3.73. The molecule has 0 fully saturated rings. The average Bonchev–Trinajstić information content (AvgIpc) is 2.54. The lowest BCUT2D eigenvalue weighted by molar-refractivity contribution is -0.123. The molecule has 22 heavy (non-hydrogen) atoms. The Balaban J connectivity index is 2.08. The molecule has 2 rings (SSSR count). The van der Waals surface area contributed by atoms with Gasteiger partial charge in [-0.3, -0.25) is 4.79 Å². The lowest BCUT2D eigenvalue weighted by Crippen LogP contribution is -2.31. The minimum atomic E-state index is -0.158. The summed E-state index contributed by atoms with van der Waals surface area (Å²) < 4.78 is 5.17. The standard InChI is InChI=1S/C19H23NO2/c1-14(2)18(16-9-11-17(22-3)12-10-16)19(21)20-13-15-7-5-4-6-8-15/h4-12,14,18H,13H2,1-3H3,(H,20,21). The highest BCUT2D eigenvalue weighted by Crippen LogP contribution is 2.26. The quantitative estimate of drug-likeness (QED) is 0.882. The van der Waals surface area contributed by atoms with E-state index in [-0.39, 0.29) is 17.7 Å². The fraction of sp³-hybridized carbons (Fsp3) is 0.316. The molecule has 0 spiro atoms. The Morgan fingerprint density at radius 3 is 2.23 bits per heavy atom. The summed E-state index contributed by atoms with van der Waals surface area (Å²) in [5.74, 6) is 0.929. The van der Waals surface area contributed by atoms with E-state index < -0.39 is 0 Å². The van der Waals surface area contributed by atoms with Crippen molar-refractivity contribution < 1.29 is 9.53 Å². The Kier molecular flexibility index (Phi) is 5.59. The molecule has 1 amide bonds. The molecule has 0 aromatic heterocycles. The molecule has 0 saturated heterocycles. The number of nitrogens with one attached hydrogen (secondary N) is 1. The van der Waals surface area contributed by atoms with Gasteiger partial charge in [0.05, 0.1) is 13.0 Å². The van der Waals surface area contributed by atoms with Crippen molar-refractivity contribution >= 4 is 5.91 Å². The summed E-state index contributed by atoms with van der Waals surface area (Å²) in [5, 5.41) is 3.04. The first-order valence-electron chi connectivity index (χ1n) is 7.57. The summed E-state index contributed by atoms with van der Waals surface area (Å²) in [6, 6.07) is 17.7. The lowest BCUT2D eigenvalue weighted by atomic mass is 9.87. The van der Waals surface area contributed by atoms with Crippen LogP contribution in [0.5, 0.6) is 5.75 Å². The molecule has 0 bridgehead atoms. The number of ether oxygens (including phenoxy) is 1. The molecule has 0 saturated carbocycles. The predicted octanol–water partition coefficient (Wildman–Crippen LogP) is 3.75. The molecule has 3 heteroatoms. The Morgan fingerprint density at radius 1 is 1.05 bits per heavy atom. The highest BCUT2D eigenvalue weighted by Gasteiger charge is 2.23. The monoisotopic (exact) mass is 297 g/mol. The van der Waals surface area contributed by atoms with Gasteiger partial charge in [-0.25, -0.2) is 0 Å². The van der Waals surface area contributed by atoms with Gasteiger partial charge in [0.1, 0.15) is 5.75 Å². The number of methoxy groups -OCH3 is 1. The van der Waals surface area contributed by atoms with Crippen molar-refractivity contribution in [3.05, 3.63) is 65.7 Å². The number of hydrogen-bond acceptors (Lipinski definition) is 2. The van der Waals surface area contributed by atoms with Crippen molar-refractivity contribution in [2.45, 2.75) is 26.3 Å². The van der Waals surface area contributed by atoms with Gasteiger partial charge < -0.3 is 10.1 Å². The lowest BCUT2D eigenvalue weighted by Gasteiger charge is -2.21. The van der Waals surface area contributed by atoms with Gasteiger partial charge in [-0.1, -0.05) is 56.3 Å². The van der Waals surface area contributed by atoms with Crippen LogP contribution in [0.2, 0.25) is 0 Å². The Hall–Kier alpha value is -2.29. The summed E-state index contributed by atoms with van der Waals surface area (Å²) in [4.78, 5) is 12.6. The van der Waals surface area contributed by atoms with Gasteiger partial charge in [-0.05, 0) is 29.2 Å². The normalized spacial score (nSPS) is 12.0. The molecule has 2 aromatic carbocycles. The van der Waals surface area contributed by atoms with Crippen LogP contribution in [0.25, 0.3) is 0 Å². The van der Waals surface area contributed by atoms with Crippen molar-refractivity contribution in [3.63, 3.8) is 0 Å². The molecule has 3 nitrogen and oxygen atoms in total. The molecule has 1 atom stereocenters. The minimum absolute atomic E-state index is 0.0593. The Bertz CT molecular complexity index is 591. The van der Waals surface area contributed by atoms with Crippen molar-refractivity contribution in [2.75, 3.05) is 7.11 Å². The van der Waals surface area contributed by atoms with Crippen molar-refractivity contribution in [1.82, 2.24) is 5.32 Å². The third-order valence-corrected chi connectivity index (χ3v) is 3.73. The van der Waals surface area contributed by atoms with E-state index in [0.717, 1.165) is 16.9 Å². The van der Waals surface area contributed by atoms with Gasteiger partial charge in [-0.15, -0.1) is 0 Å². The van der Waals surface area contributed by atoms with E-state index in [2.05, 4.69) is 19.2 Å². The maximum Gasteiger partial charge on any atom is 0.228 e. The maximum atomic E-state index is 12.6. The van der Waals surface area contributed by atoms with Crippen LogP contribution in [0, 0.1) is 5.92 Å². The number of carbonyl (C=O) groups is 1. The zero-order valence-corrected chi connectivity index (χ0v) is 13.4. The summed E-state index contributed by atoms with van der Waals surface area (Å²) in [5.41, 5.74) is 2.12. The SMILES string of the molecule is COc1ccc(C(C(=O)NCc2ccccc2)C(C)C)cc1. The molecule has 2 aromatic rings. The molecule has 0 aliphatic rings. The highest BCUT2D eigenvalue weighted by atomic mass is 16.5. The largest absolute Gasteiger partial charge is 0.497 e. The van der Waals surface area contributed by atoms with E-state index >= 15 is 0 Å². The second-order valence-corrected chi connectivity index (χ2v) is 5.70. The van der Waals surface area contributed by atoms with Crippen LogP contribution >= 0.6 is 0 Å². The van der Waals surface area contributed by atoms with Crippen molar-refractivity contribution in [2.24, 2.45) is 5.92 Å². The first-order valence-corrected chi connectivity index (χ1v) is 7.57. The Morgan fingerprint density at radius 2 is 1.68 bits per heavy atom. The molecule has 0 heterocycles. The van der Waals surface area contributed by atoms with Crippen molar-refractivity contribution in [1.29, 1.82) is 0 Å². The van der Waals surface area contributed by atoms with Crippen LogP contribution in [0.4, 0.5) is 0 Å². The van der Waals surface area contributed by atoms with Gasteiger partial charge in [0.2, 0.25) is 5.91 Å². The number of amides is 1. The predicted molar refractivity (Wildman–Crippen MR) is 88.9 cm³/mol. The van der Waals surface area contributed by atoms with Gasteiger partial charge in [0.25, 0.3) is 0 Å². The maximum absolute atomic E-state index is 12.6. The molecule has 116 valence electrons. The minimum Gasteiger partial charge on any atom is -0.497 e. The summed E-state index contributed by atoms with van der Waals surface area (Å²) in [6.07, 6.45) is 0. The second kappa shape index (κ2) is 7.64. The Labute approximate surface area is 132 Å². The van der Waals surface area contributed by atoms with Crippen molar-refractivity contribution in [3.8, 4) is 5.75 Å². The number of benzene rings is 2. The molecule has 0 aliphatic heterocycles. The number of rotatable bonds is 6. The molecule has 0 aliphatic carbocycles. The topological polar surface area (TPSA) is 38.3 Å². The van der Waals surface area contributed by atoms with Gasteiger partial charge in [0.15, 0.2) is 0 Å². The zero-order chi connectivity index (χ0) is 15.9. The van der Waals surface area contributed by atoms with E-state index in [9.17, 15) is 4.79 Å². The van der Waals surface area contributed by atoms with Crippen LogP contribution in [0.15, 0.2) is 54.6 Å². The average molecular weight is 297 g/mol. The fourth-order valence-electron chi connectivity index (χ4n) is 2.55. The molecular formula is C19H23NO2. The van der Waals surface area contributed by atoms with E-state index in [1.54, 1.807) is 7.11 Å². The summed E-state index contributed by atoms with van der Waals surface area (Å²) in [6.45, 7) is 4.69. The molecule has 0 radical (unpaired) electrons. The molecule has 1 N–H and O–H groups in total. The van der Waals surface area contributed by atoms with E-state index in [1.165, 1.54) is 0 Å². The second-order valence-electron chi connectivity index (χ2n) is 5.70. The summed E-state index contributed by atoms with van der Waals surface area (Å²) in [7, 11) is 1.64. The number of carbonyl (C=O) groups excluding carboxylic acids is 1. The first-order chi connectivity index (χ1) is 10.6. The van der Waals surface area contributed by atoms with Crippen LogP contribution in [0.3, 0.4) is 0 Å². The first kappa shape index (κ1) is 16.1. The molecular weight excluding hydrogens is 274 g/mol. The van der Waals surface area contributed by atoms with Gasteiger partial charge in [-0.2, -0.15) is 0 Å². The molecule has 1 unspecified atom stereocenters. The summed E-state index contributed by atoms with van der Waals surface area (Å²) >= 11 is 0. The smallest absolute Gasteiger partial charge is 0.228 e. The van der Waals surface area contributed by atoms with Gasteiger partial charge in [0, 0.05) is 6.54 Å². The van der Waals surface area contributed by atoms with Crippen LogP contribution < -0.4 is 10.1 Å². The zero-order valence-electron chi connectivity index (χ0n) is 13.4.